The highest BCUT2D eigenvalue weighted by Gasteiger charge is 2.38. The van der Waals surface area contributed by atoms with Crippen LogP contribution in [0, 0.1) is 0 Å². The normalized spacial score (nSPS) is 13.8. The lowest BCUT2D eigenvalue weighted by atomic mass is 9.96. The van der Waals surface area contributed by atoms with Crippen molar-refractivity contribution in [2.75, 3.05) is 6.67 Å². The highest BCUT2D eigenvalue weighted by atomic mass is 35.5. The number of hydrogen-bond acceptors (Lipinski definition) is 1. The summed E-state index contributed by atoms with van der Waals surface area (Å²) in [6.07, 6.45) is -10.3. The van der Waals surface area contributed by atoms with E-state index in [1.807, 2.05) is 0 Å². The molecule has 1 aromatic carbocycles. The maximum atomic E-state index is 12.7. The molecule has 0 aliphatic rings. The molecule has 0 radical (unpaired) electrons. The van der Waals surface area contributed by atoms with Crippen molar-refractivity contribution in [1.82, 2.24) is 0 Å². The molecule has 0 fully saturated rings. The number of rotatable bonds is 3. The Hall–Kier alpha value is -1.02. The molecule has 1 aromatic rings. The molecule has 0 saturated carbocycles. The van der Waals surface area contributed by atoms with Gasteiger partial charge in [-0.15, -0.1) is 12.4 Å². The second-order valence-corrected chi connectivity index (χ2v) is 3.88. The summed E-state index contributed by atoms with van der Waals surface area (Å²) in [5.41, 5.74) is 1.89. The molecule has 20 heavy (non-hydrogen) atoms. The Morgan fingerprint density at radius 3 is 1.95 bits per heavy atom. The predicted octanol–water partition coefficient (Wildman–Crippen LogP) is 4.51. The van der Waals surface area contributed by atoms with Gasteiger partial charge in [-0.3, -0.25) is 4.39 Å². The fourth-order valence-corrected chi connectivity index (χ4v) is 1.57. The molecule has 0 bridgehead atoms. The van der Waals surface area contributed by atoms with Crippen molar-refractivity contribution < 1.29 is 30.7 Å². The number of halogens is 8. The third kappa shape index (κ3) is 4.52. The molecular weight excluding hydrogens is 315 g/mol. The molecule has 2 N–H and O–H groups in total. The van der Waals surface area contributed by atoms with Crippen molar-refractivity contribution in [3.05, 3.63) is 34.9 Å². The van der Waals surface area contributed by atoms with Crippen LogP contribution in [0.15, 0.2) is 18.2 Å². The van der Waals surface area contributed by atoms with Crippen LogP contribution in [-0.2, 0) is 12.4 Å². The van der Waals surface area contributed by atoms with Crippen molar-refractivity contribution >= 4 is 12.4 Å². The maximum Gasteiger partial charge on any atom is 0.416 e. The minimum atomic E-state index is -4.98. The highest BCUT2D eigenvalue weighted by Crippen LogP contribution is 2.39. The van der Waals surface area contributed by atoms with Gasteiger partial charge in [0, 0.05) is 6.04 Å². The van der Waals surface area contributed by atoms with E-state index in [2.05, 4.69) is 0 Å². The second-order valence-electron chi connectivity index (χ2n) is 3.88. The first kappa shape index (κ1) is 19.0. The first-order chi connectivity index (χ1) is 8.57. The van der Waals surface area contributed by atoms with E-state index in [-0.39, 0.29) is 18.5 Å². The van der Waals surface area contributed by atoms with Gasteiger partial charge in [-0.05, 0) is 24.1 Å². The van der Waals surface area contributed by atoms with Crippen LogP contribution in [0.5, 0.6) is 0 Å². The van der Waals surface area contributed by atoms with Gasteiger partial charge in [-0.25, -0.2) is 0 Å². The quantitative estimate of drug-likeness (QED) is 0.813. The molecule has 0 heterocycles. The van der Waals surface area contributed by atoms with Crippen LogP contribution in [-0.4, -0.2) is 6.67 Å². The summed E-state index contributed by atoms with van der Waals surface area (Å²) in [7, 11) is 0. The molecule has 9 heteroatoms. The van der Waals surface area contributed by atoms with Crippen LogP contribution in [0.25, 0.3) is 0 Å². The summed E-state index contributed by atoms with van der Waals surface area (Å²) in [4.78, 5) is 0. The Labute approximate surface area is 116 Å². The van der Waals surface area contributed by atoms with Gasteiger partial charge in [-0.1, -0.05) is 6.07 Å². The first-order valence-corrected chi connectivity index (χ1v) is 5.17. The van der Waals surface area contributed by atoms with Crippen LogP contribution in [0.4, 0.5) is 30.7 Å². The van der Waals surface area contributed by atoms with Crippen molar-refractivity contribution in [3.63, 3.8) is 0 Å². The summed E-state index contributed by atoms with van der Waals surface area (Å²) in [6, 6.07) is -0.161. The number of nitrogens with two attached hydrogens (primary N) is 1. The van der Waals surface area contributed by atoms with Gasteiger partial charge in [-0.2, -0.15) is 26.3 Å². The van der Waals surface area contributed by atoms with E-state index in [4.69, 9.17) is 5.73 Å². The smallest absolute Gasteiger partial charge is 0.324 e. The SMILES string of the molecule is Cl.N[C@@H](CCF)c1ccc(C(F)(F)F)cc1C(F)(F)F. The van der Waals surface area contributed by atoms with E-state index >= 15 is 0 Å². The van der Waals surface area contributed by atoms with E-state index < -0.39 is 48.2 Å². The van der Waals surface area contributed by atoms with Gasteiger partial charge in [0.25, 0.3) is 0 Å². The first-order valence-electron chi connectivity index (χ1n) is 5.17. The van der Waals surface area contributed by atoms with Crippen LogP contribution in [0.1, 0.15) is 29.2 Å². The molecule has 0 aliphatic heterocycles. The summed E-state index contributed by atoms with van der Waals surface area (Å²) >= 11 is 0. The maximum absolute atomic E-state index is 12.7. The van der Waals surface area contributed by atoms with E-state index in [9.17, 15) is 30.7 Å². The number of hydrogen-bond donors (Lipinski definition) is 1. The largest absolute Gasteiger partial charge is 0.416 e. The highest BCUT2D eigenvalue weighted by molar-refractivity contribution is 5.85. The molecule has 0 spiro atoms. The topological polar surface area (TPSA) is 26.0 Å². The third-order valence-corrected chi connectivity index (χ3v) is 2.51. The number of alkyl halides is 7. The zero-order chi connectivity index (χ0) is 14.8. The molecule has 116 valence electrons. The average molecular weight is 326 g/mol. The molecular formula is C11H11ClF7N. The molecule has 0 amide bonds. The molecule has 0 aromatic heterocycles. The van der Waals surface area contributed by atoms with Gasteiger partial charge in [0.05, 0.1) is 17.8 Å². The van der Waals surface area contributed by atoms with Gasteiger partial charge in [0.2, 0.25) is 0 Å². The zero-order valence-electron chi connectivity index (χ0n) is 9.85. The molecule has 1 atom stereocenters. The van der Waals surface area contributed by atoms with E-state index in [1.165, 1.54) is 0 Å². The molecule has 0 unspecified atom stereocenters. The predicted molar refractivity (Wildman–Crippen MR) is 61.2 cm³/mol. The van der Waals surface area contributed by atoms with E-state index in [0.29, 0.717) is 12.1 Å². The average Bonchev–Trinajstić information content (AvgIpc) is 2.26. The van der Waals surface area contributed by atoms with Crippen molar-refractivity contribution in [2.45, 2.75) is 24.8 Å². The van der Waals surface area contributed by atoms with Crippen molar-refractivity contribution in [3.8, 4) is 0 Å². The molecule has 1 rings (SSSR count). The van der Waals surface area contributed by atoms with Gasteiger partial charge in [0.15, 0.2) is 0 Å². The van der Waals surface area contributed by atoms with Crippen molar-refractivity contribution in [2.24, 2.45) is 5.73 Å². The van der Waals surface area contributed by atoms with E-state index in [1.54, 1.807) is 0 Å². The molecule has 0 saturated heterocycles. The van der Waals surface area contributed by atoms with Crippen molar-refractivity contribution in [1.29, 1.82) is 0 Å². The Bertz CT molecular complexity index is 441. The van der Waals surface area contributed by atoms with Crippen LogP contribution >= 0.6 is 12.4 Å². The van der Waals surface area contributed by atoms with E-state index in [0.717, 1.165) is 0 Å². The van der Waals surface area contributed by atoms with Gasteiger partial charge >= 0.3 is 12.4 Å². The number of benzene rings is 1. The summed E-state index contributed by atoms with van der Waals surface area (Å²) < 4.78 is 87.3. The standard InChI is InChI=1S/C11H10F7N.ClH/c12-4-3-9(19)7-2-1-6(10(13,14)15)5-8(7)11(16,17)18;/h1-2,5,9H,3-4,19H2;1H/t9-;/m0./s1. The summed E-state index contributed by atoms with van der Waals surface area (Å²) in [5, 5.41) is 0. The van der Waals surface area contributed by atoms with Crippen LogP contribution < -0.4 is 5.73 Å². The van der Waals surface area contributed by atoms with Crippen LogP contribution in [0.2, 0.25) is 0 Å². The van der Waals surface area contributed by atoms with Gasteiger partial charge in [0.1, 0.15) is 0 Å². The Morgan fingerprint density at radius 1 is 1.00 bits per heavy atom. The monoisotopic (exact) mass is 325 g/mol. The molecule has 1 nitrogen and oxygen atoms in total. The fraction of sp³-hybridized carbons (Fsp3) is 0.455. The lowest BCUT2D eigenvalue weighted by Crippen LogP contribution is -2.19. The zero-order valence-corrected chi connectivity index (χ0v) is 10.7. The minimum Gasteiger partial charge on any atom is -0.324 e. The minimum absolute atomic E-state index is 0. The summed E-state index contributed by atoms with van der Waals surface area (Å²) in [5.74, 6) is 0. The molecule has 0 aliphatic carbocycles. The Kier molecular flexibility index (Phi) is 6.28. The lowest BCUT2D eigenvalue weighted by Gasteiger charge is -2.19. The van der Waals surface area contributed by atoms with Crippen LogP contribution in [0.3, 0.4) is 0 Å². The lowest BCUT2D eigenvalue weighted by molar-refractivity contribution is -0.143. The Morgan fingerprint density at radius 2 is 1.55 bits per heavy atom. The Balaban J connectivity index is 0.00000361. The van der Waals surface area contributed by atoms with Gasteiger partial charge < -0.3 is 5.73 Å². The third-order valence-electron chi connectivity index (χ3n) is 2.51. The second kappa shape index (κ2) is 6.62. The summed E-state index contributed by atoms with van der Waals surface area (Å²) in [6.45, 7) is -0.959. The fourth-order valence-electron chi connectivity index (χ4n) is 1.57.